The van der Waals surface area contributed by atoms with Crippen LogP contribution in [-0.2, 0) is 11.3 Å². The number of ether oxygens (including phenoxy) is 1. The van der Waals surface area contributed by atoms with Gasteiger partial charge in [-0.3, -0.25) is 0 Å². The van der Waals surface area contributed by atoms with Crippen molar-refractivity contribution in [3.8, 4) is 11.1 Å². The lowest BCUT2D eigenvalue weighted by Gasteiger charge is -2.27. The van der Waals surface area contributed by atoms with Crippen LogP contribution in [0.25, 0.3) is 22.3 Å². The molecule has 0 aliphatic carbocycles. The molecule has 5 rings (SSSR count). The molecule has 4 aromatic rings. The van der Waals surface area contributed by atoms with Crippen LogP contribution in [0.5, 0.6) is 0 Å². The molecule has 0 unspecified atom stereocenters. The van der Waals surface area contributed by atoms with Crippen LogP contribution in [0.4, 0.5) is 5.82 Å². The molecule has 1 fully saturated rings. The summed E-state index contributed by atoms with van der Waals surface area (Å²) in [4.78, 5) is 16.1. The first-order valence-electron chi connectivity index (χ1n) is 10.0. The number of benzene rings is 2. The molecule has 0 radical (unpaired) electrons. The highest BCUT2D eigenvalue weighted by molar-refractivity contribution is 6.33. The SMILES string of the molecule is Cc1nc2c(N3CCOCC3)ncnc2n1Cc1ccc(-c2ccccc2Cl)cc1. The first-order chi connectivity index (χ1) is 14.7. The maximum absolute atomic E-state index is 6.34. The Morgan fingerprint density at radius 2 is 1.77 bits per heavy atom. The van der Waals surface area contributed by atoms with E-state index in [1.54, 1.807) is 6.33 Å². The molecule has 152 valence electrons. The molecule has 30 heavy (non-hydrogen) atoms. The zero-order valence-electron chi connectivity index (χ0n) is 16.8. The van der Waals surface area contributed by atoms with Crippen molar-refractivity contribution in [1.29, 1.82) is 0 Å². The van der Waals surface area contributed by atoms with Gasteiger partial charge >= 0.3 is 0 Å². The molecule has 0 atom stereocenters. The minimum Gasteiger partial charge on any atom is -0.378 e. The average Bonchev–Trinajstić information content (AvgIpc) is 3.10. The van der Waals surface area contributed by atoms with E-state index in [0.29, 0.717) is 19.8 Å². The smallest absolute Gasteiger partial charge is 0.165 e. The lowest BCUT2D eigenvalue weighted by molar-refractivity contribution is 0.122. The molecule has 0 bridgehead atoms. The van der Waals surface area contributed by atoms with Crippen LogP contribution in [0.2, 0.25) is 5.02 Å². The molecular formula is C23H22ClN5O. The minimum atomic E-state index is 0.699. The zero-order valence-corrected chi connectivity index (χ0v) is 17.5. The van der Waals surface area contributed by atoms with Gasteiger partial charge in [-0.2, -0.15) is 0 Å². The standard InChI is InChI=1S/C23H22ClN5O/c1-16-27-21-22(28-10-12-30-13-11-28)25-15-26-23(21)29(16)14-17-6-8-18(9-7-17)19-4-2-3-5-20(19)24/h2-9,15H,10-14H2,1H3. The summed E-state index contributed by atoms with van der Waals surface area (Å²) in [6.07, 6.45) is 1.63. The molecule has 1 saturated heterocycles. The highest BCUT2D eigenvalue weighted by Gasteiger charge is 2.20. The molecule has 3 heterocycles. The van der Waals surface area contributed by atoms with E-state index in [1.807, 2.05) is 31.2 Å². The Balaban J connectivity index is 1.45. The van der Waals surface area contributed by atoms with E-state index in [9.17, 15) is 0 Å². The molecule has 0 saturated carbocycles. The minimum absolute atomic E-state index is 0.699. The summed E-state index contributed by atoms with van der Waals surface area (Å²) >= 11 is 6.34. The number of aromatic nitrogens is 4. The van der Waals surface area contributed by atoms with E-state index in [4.69, 9.17) is 21.3 Å². The molecule has 0 amide bonds. The van der Waals surface area contributed by atoms with Crippen LogP contribution in [0.15, 0.2) is 54.9 Å². The second-order valence-electron chi connectivity index (χ2n) is 7.39. The zero-order chi connectivity index (χ0) is 20.5. The number of halogens is 1. The number of nitrogens with zero attached hydrogens (tertiary/aromatic N) is 5. The highest BCUT2D eigenvalue weighted by atomic mass is 35.5. The van der Waals surface area contributed by atoms with Gasteiger partial charge in [-0.15, -0.1) is 0 Å². The van der Waals surface area contributed by atoms with Crippen LogP contribution in [0.1, 0.15) is 11.4 Å². The van der Waals surface area contributed by atoms with E-state index in [2.05, 4.69) is 43.7 Å². The van der Waals surface area contributed by atoms with Crippen molar-refractivity contribution in [2.75, 3.05) is 31.2 Å². The predicted octanol–water partition coefficient (Wildman–Crippen LogP) is 4.34. The lowest BCUT2D eigenvalue weighted by atomic mass is 10.0. The first-order valence-corrected chi connectivity index (χ1v) is 10.4. The maximum Gasteiger partial charge on any atom is 0.165 e. The van der Waals surface area contributed by atoms with E-state index in [0.717, 1.165) is 52.0 Å². The Morgan fingerprint density at radius 3 is 2.53 bits per heavy atom. The van der Waals surface area contributed by atoms with Crippen molar-refractivity contribution >= 4 is 28.6 Å². The van der Waals surface area contributed by atoms with Crippen molar-refractivity contribution in [3.63, 3.8) is 0 Å². The summed E-state index contributed by atoms with van der Waals surface area (Å²) in [6.45, 7) is 5.78. The molecular weight excluding hydrogens is 398 g/mol. The predicted molar refractivity (Wildman–Crippen MR) is 119 cm³/mol. The Morgan fingerprint density at radius 1 is 1.00 bits per heavy atom. The molecule has 0 spiro atoms. The third-order valence-corrected chi connectivity index (χ3v) is 5.82. The van der Waals surface area contributed by atoms with Gasteiger partial charge in [-0.25, -0.2) is 15.0 Å². The summed E-state index contributed by atoms with van der Waals surface area (Å²) < 4.78 is 7.62. The second-order valence-corrected chi connectivity index (χ2v) is 7.80. The molecule has 6 nitrogen and oxygen atoms in total. The van der Waals surface area contributed by atoms with E-state index < -0.39 is 0 Å². The molecule has 2 aromatic heterocycles. The van der Waals surface area contributed by atoms with Crippen molar-refractivity contribution in [3.05, 3.63) is 71.3 Å². The number of morpholine rings is 1. The second kappa shape index (κ2) is 8.05. The summed E-state index contributed by atoms with van der Waals surface area (Å²) in [7, 11) is 0. The molecule has 1 aliphatic rings. The highest BCUT2D eigenvalue weighted by Crippen LogP contribution is 2.28. The molecule has 2 aromatic carbocycles. The number of aryl methyl sites for hydroxylation is 1. The van der Waals surface area contributed by atoms with Crippen molar-refractivity contribution in [2.24, 2.45) is 0 Å². The van der Waals surface area contributed by atoms with Gasteiger partial charge in [0.25, 0.3) is 0 Å². The van der Waals surface area contributed by atoms with Crippen molar-refractivity contribution in [1.82, 2.24) is 19.5 Å². The van der Waals surface area contributed by atoms with Gasteiger partial charge in [0.2, 0.25) is 0 Å². The van der Waals surface area contributed by atoms with Crippen LogP contribution in [-0.4, -0.2) is 45.8 Å². The lowest BCUT2D eigenvalue weighted by Crippen LogP contribution is -2.36. The summed E-state index contributed by atoms with van der Waals surface area (Å²) in [5.41, 5.74) is 5.04. The quantitative estimate of drug-likeness (QED) is 0.492. The number of fused-ring (bicyclic) bond motifs is 1. The van der Waals surface area contributed by atoms with Gasteiger partial charge in [0, 0.05) is 23.7 Å². The van der Waals surface area contributed by atoms with Gasteiger partial charge in [0.1, 0.15) is 12.2 Å². The fourth-order valence-corrected chi connectivity index (χ4v) is 4.14. The van der Waals surface area contributed by atoms with E-state index >= 15 is 0 Å². The topological polar surface area (TPSA) is 56.1 Å². The maximum atomic E-state index is 6.34. The third-order valence-electron chi connectivity index (χ3n) is 5.49. The molecule has 0 N–H and O–H groups in total. The van der Waals surface area contributed by atoms with Gasteiger partial charge in [0.05, 0.1) is 19.8 Å². The van der Waals surface area contributed by atoms with Crippen LogP contribution in [0.3, 0.4) is 0 Å². The molecule has 1 aliphatic heterocycles. The summed E-state index contributed by atoms with van der Waals surface area (Å²) in [6, 6.07) is 16.4. The number of anilines is 1. The fourth-order valence-electron chi connectivity index (χ4n) is 3.90. The van der Waals surface area contributed by atoms with Crippen LogP contribution < -0.4 is 4.90 Å². The number of imidazole rings is 1. The number of rotatable bonds is 4. The Bertz CT molecular complexity index is 1180. The van der Waals surface area contributed by atoms with E-state index in [-0.39, 0.29) is 0 Å². The Labute approximate surface area is 180 Å². The largest absolute Gasteiger partial charge is 0.378 e. The number of hydrogen-bond acceptors (Lipinski definition) is 5. The third kappa shape index (κ3) is 3.53. The monoisotopic (exact) mass is 419 g/mol. The van der Waals surface area contributed by atoms with Crippen molar-refractivity contribution in [2.45, 2.75) is 13.5 Å². The molecule has 7 heteroatoms. The first kappa shape index (κ1) is 19.0. The van der Waals surface area contributed by atoms with E-state index in [1.165, 1.54) is 5.56 Å². The van der Waals surface area contributed by atoms with Crippen LogP contribution >= 0.6 is 11.6 Å². The van der Waals surface area contributed by atoms with Gasteiger partial charge in [-0.1, -0.05) is 54.1 Å². The Hall–Kier alpha value is -2.96. The summed E-state index contributed by atoms with van der Waals surface area (Å²) in [5.74, 6) is 1.81. The normalized spacial score (nSPS) is 14.4. The summed E-state index contributed by atoms with van der Waals surface area (Å²) in [5, 5.41) is 0.758. The fraction of sp³-hybridized carbons (Fsp3) is 0.261. The average molecular weight is 420 g/mol. The Kier molecular flexibility index (Phi) is 5.11. The van der Waals surface area contributed by atoms with Crippen LogP contribution in [0, 0.1) is 6.92 Å². The van der Waals surface area contributed by atoms with Gasteiger partial charge in [0.15, 0.2) is 17.0 Å². The van der Waals surface area contributed by atoms with Crippen molar-refractivity contribution < 1.29 is 4.74 Å². The number of hydrogen-bond donors (Lipinski definition) is 0. The van der Waals surface area contributed by atoms with Gasteiger partial charge < -0.3 is 14.2 Å². The van der Waals surface area contributed by atoms with Gasteiger partial charge in [-0.05, 0) is 24.1 Å².